The van der Waals surface area contributed by atoms with Crippen LogP contribution in [0.2, 0.25) is 0 Å². The van der Waals surface area contributed by atoms with Gasteiger partial charge in [0, 0.05) is 0 Å². The molecule has 0 heterocycles. The Bertz CT molecular complexity index is 300. The van der Waals surface area contributed by atoms with E-state index in [0.717, 1.165) is 12.8 Å². The Hall–Kier alpha value is -1.24. The van der Waals surface area contributed by atoms with Gasteiger partial charge in [-0.05, 0) is 38.5 Å². The average Bonchev–Trinajstić information content (AvgIpc) is 2.14. The van der Waals surface area contributed by atoms with E-state index in [1.54, 1.807) is 6.20 Å². The Morgan fingerprint density at radius 1 is 1.46 bits per heavy atom. The Kier molecular flexibility index (Phi) is 3.56. The molecule has 0 radical (unpaired) electrons. The topological polar surface area (TPSA) is 26.0 Å². The normalized spacial score (nSPS) is 11.7. The van der Waals surface area contributed by atoms with E-state index in [4.69, 9.17) is 5.73 Å². The maximum atomic E-state index is 5.40. The minimum absolute atomic E-state index is 1.06. The first-order valence-electron chi connectivity index (χ1n) is 4.65. The van der Waals surface area contributed by atoms with Gasteiger partial charge in [0.15, 0.2) is 0 Å². The van der Waals surface area contributed by atoms with Crippen molar-refractivity contribution in [2.45, 2.75) is 26.7 Å². The molecule has 1 heteroatoms. The van der Waals surface area contributed by atoms with E-state index in [9.17, 15) is 0 Å². The summed E-state index contributed by atoms with van der Waals surface area (Å²) in [7, 11) is 0. The summed E-state index contributed by atoms with van der Waals surface area (Å²) in [6.45, 7) is 4.19. The van der Waals surface area contributed by atoms with Gasteiger partial charge in [0.2, 0.25) is 0 Å². The number of hydrogen-bond acceptors (Lipinski definition) is 1. The fourth-order valence-corrected chi connectivity index (χ4v) is 1.29. The molecule has 1 aromatic carbocycles. The van der Waals surface area contributed by atoms with Crippen molar-refractivity contribution in [2.75, 3.05) is 0 Å². The molecule has 0 aromatic heterocycles. The highest BCUT2D eigenvalue weighted by molar-refractivity contribution is 5.22. The smallest absolute Gasteiger partial charge is 0.00732 e. The van der Waals surface area contributed by atoms with Gasteiger partial charge in [-0.2, -0.15) is 0 Å². The molecule has 1 aromatic rings. The molecule has 0 unspecified atom stereocenters. The van der Waals surface area contributed by atoms with Crippen LogP contribution in [0, 0.1) is 6.92 Å². The molecule has 0 fully saturated rings. The van der Waals surface area contributed by atoms with Crippen LogP contribution in [0.15, 0.2) is 36.0 Å². The Morgan fingerprint density at radius 2 is 2.23 bits per heavy atom. The predicted octanol–water partition coefficient (Wildman–Crippen LogP) is 2.79. The van der Waals surface area contributed by atoms with Crippen LogP contribution < -0.4 is 5.73 Å². The molecule has 13 heavy (non-hydrogen) atoms. The van der Waals surface area contributed by atoms with Crippen LogP contribution in [0.4, 0.5) is 0 Å². The van der Waals surface area contributed by atoms with Gasteiger partial charge in [-0.15, -0.1) is 0 Å². The summed E-state index contributed by atoms with van der Waals surface area (Å²) in [5.41, 5.74) is 9.37. The SMILES string of the molecule is C/C(=C\N)CCc1cccc(C)c1. The van der Waals surface area contributed by atoms with E-state index < -0.39 is 0 Å². The van der Waals surface area contributed by atoms with Crippen LogP contribution in [0.1, 0.15) is 24.5 Å². The standard InChI is InChI=1S/C12H17N/c1-10-4-3-5-12(8-10)7-6-11(2)9-13/h3-5,8-9H,6-7,13H2,1-2H3/b11-9+. The van der Waals surface area contributed by atoms with Gasteiger partial charge < -0.3 is 5.73 Å². The number of aryl methyl sites for hydroxylation is 2. The first-order valence-corrected chi connectivity index (χ1v) is 4.65. The lowest BCUT2D eigenvalue weighted by Crippen LogP contribution is -1.90. The van der Waals surface area contributed by atoms with Crippen LogP contribution in [0.3, 0.4) is 0 Å². The number of benzene rings is 1. The number of rotatable bonds is 3. The van der Waals surface area contributed by atoms with Crippen molar-refractivity contribution in [1.82, 2.24) is 0 Å². The van der Waals surface area contributed by atoms with E-state index in [1.807, 2.05) is 0 Å². The quantitative estimate of drug-likeness (QED) is 0.751. The van der Waals surface area contributed by atoms with Gasteiger partial charge in [0.05, 0.1) is 0 Å². The van der Waals surface area contributed by atoms with Gasteiger partial charge >= 0.3 is 0 Å². The van der Waals surface area contributed by atoms with Crippen molar-refractivity contribution in [3.05, 3.63) is 47.2 Å². The fourth-order valence-electron chi connectivity index (χ4n) is 1.29. The van der Waals surface area contributed by atoms with Crippen molar-refractivity contribution >= 4 is 0 Å². The van der Waals surface area contributed by atoms with E-state index in [0.29, 0.717) is 0 Å². The fraction of sp³-hybridized carbons (Fsp3) is 0.333. The average molecular weight is 175 g/mol. The molecule has 70 valence electrons. The Labute approximate surface area is 80.3 Å². The molecular formula is C12H17N. The summed E-state index contributed by atoms with van der Waals surface area (Å²) >= 11 is 0. The maximum absolute atomic E-state index is 5.40. The molecule has 2 N–H and O–H groups in total. The first kappa shape index (κ1) is 9.85. The molecule has 0 atom stereocenters. The minimum Gasteiger partial charge on any atom is -0.405 e. The van der Waals surface area contributed by atoms with Gasteiger partial charge in [-0.25, -0.2) is 0 Å². The summed E-state index contributed by atoms with van der Waals surface area (Å²) < 4.78 is 0. The third kappa shape index (κ3) is 3.32. The van der Waals surface area contributed by atoms with E-state index in [2.05, 4.69) is 38.1 Å². The van der Waals surface area contributed by atoms with Crippen molar-refractivity contribution in [3.63, 3.8) is 0 Å². The zero-order chi connectivity index (χ0) is 9.68. The number of hydrogen-bond donors (Lipinski definition) is 1. The first-order chi connectivity index (χ1) is 6.22. The second-order valence-electron chi connectivity index (χ2n) is 3.50. The molecule has 0 aliphatic heterocycles. The van der Waals surface area contributed by atoms with Gasteiger partial charge in [0.25, 0.3) is 0 Å². The van der Waals surface area contributed by atoms with E-state index in [1.165, 1.54) is 16.7 Å². The molecule has 0 aliphatic carbocycles. The lowest BCUT2D eigenvalue weighted by atomic mass is 10.0. The van der Waals surface area contributed by atoms with Crippen LogP contribution in [-0.2, 0) is 6.42 Å². The predicted molar refractivity (Wildman–Crippen MR) is 57.4 cm³/mol. The molecule has 0 bridgehead atoms. The van der Waals surface area contributed by atoms with E-state index >= 15 is 0 Å². The summed E-state index contributed by atoms with van der Waals surface area (Å²) in [4.78, 5) is 0. The van der Waals surface area contributed by atoms with Gasteiger partial charge in [-0.1, -0.05) is 35.4 Å². The molecule has 0 amide bonds. The Morgan fingerprint density at radius 3 is 2.85 bits per heavy atom. The zero-order valence-corrected chi connectivity index (χ0v) is 8.38. The summed E-state index contributed by atoms with van der Waals surface area (Å²) in [5.74, 6) is 0. The molecule has 0 saturated heterocycles. The van der Waals surface area contributed by atoms with Gasteiger partial charge in [-0.3, -0.25) is 0 Å². The largest absolute Gasteiger partial charge is 0.405 e. The third-order valence-corrected chi connectivity index (χ3v) is 2.18. The van der Waals surface area contributed by atoms with Crippen molar-refractivity contribution in [3.8, 4) is 0 Å². The van der Waals surface area contributed by atoms with Gasteiger partial charge in [0.1, 0.15) is 0 Å². The highest BCUT2D eigenvalue weighted by Gasteiger charge is 1.94. The van der Waals surface area contributed by atoms with Crippen LogP contribution >= 0.6 is 0 Å². The molecule has 1 rings (SSSR count). The molecule has 0 saturated carbocycles. The number of nitrogens with two attached hydrogens (primary N) is 1. The maximum Gasteiger partial charge on any atom is -0.00732 e. The van der Waals surface area contributed by atoms with Crippen molar-refractivity contribution in [1.29, 1.82) is 0 Å². The second kappa shape index (κ2) is 4.70. The summed E-state index contributed by atoms with van der Waals surface area (Å²) in [5, 5.41) is 0. The second-order valence-corrected chi connectivity index (χ2v) is 3.50. The third-order valence-electron chi connectivity index (χ3n) is 2.18. The van der Waals surface area contributed by atoms with Crippen LogP contribution in [-0.4, -0.2) is 0 Å². The molecule has 0 aliphatic rings. The lowest BCUT2D eigenvalue weighted by molar-refractivity contribution is 0.934. The lowest BCUT2D eigenvalue weighted by Gasteiger charge is -2.02. The Balaban J connectivity index is 2.55. The molecular weight excluding hydrogens is 158 g/mol. The van der Waals surface area contributed by atoms with Crippen LogP contribution in [0.25, 0.3) is 0 Å². The monoisotopic (exact) mass is 175 g/mol. The highest BCUT2D eigenvalue weighted by Crippen LogP contribution is 2.09. The van der Waals surface area contributed by atoms with Crippen molar-refractivity contribution < 1.29 is 0 Å². The summed E-state index contributed by atoms with van der Waals surface area (Å²) in [6.07, 6.45) is 3.83. The van der Waals surface area contributed by atoms with E-state index in [-0.39, 0.29) is 0 Å². The molecule has 1 nitrogen and oxygen atoms in total. The van der Waals surface area contributed by atoms with Crippen LogP contribution in [0.5, 0.6) is 0 Å². The highest BCUT2D eigenvalue weighted by atomic mass is 14.5. The zero-order valence-electron chi connectivity index (χ0n) is 8.38. The summed E-state index contributed by atoms with van der Waals surface area (Å²) in [6, 6.07) is 8.61. The number of allylic oxidation sites excluding steroid dienone is 1. The molecule has 0 spiro atoms. The van der Waals surface area contributed by atoms with Crippen molar-refractivity contribution in [2.24, 2.45) is 5.73 Å². The minimum atomic E-state index is 1.06.